The number of piperazine rings is 1. The number of fused-ring (bicyclic) bond motifs is 1. The summed E-state index contributed by atoms with van der Waals surface area (Å²) in [4.78, 5) is 6.63. The van der Waals surface area contributed by atoms with Gasteiger partial charge in [-0.2, -0.15) is 5.10 Å². The summed E-state index contributed by atoms with van der Waals surface area (Å²) in [7, 11) is 1.75. The number of anilines is 1. The molecular formula is C24H26FN7O. The molecule has 1 saturated heterocycles. The Balaban J connectivity index is 1.40. The number of hydrogen-bond donors (Lipinski definition) is 2. The van der Waals surface area contributed by atoms with Crippen molar-refractivity contribution in [3.05, 3.63) is 48.5 Å². The van der Waals surface area contributed by atoms with E-state index in [1.165, 1.54) is 6.07 Å². The standard InChI is InChI=1S/C24H26FN7O/c1-14(2)21-13-32(7-6-26-21)24-27-11-20(28-29-24)18-5-4-15(10-22(18)33)16-8-17-12-31(3)30-23(17)19(25)9-16/h4-5,8-12,14,21,26,33H,6-7,13H2,1-3H3. The predicted octanol–water partition coefficient (Wildman–Crippen LogP) is 3.37. The average Bonchev–Trinajstić information content (AvgIpc) is 3.20. The highest BCUT2D eigenvalue weighted by atomic mass is 19.1. The molecule has 1 aliphatic rings. The fourth-order valence-corrected chi connectivity index (χ4v) is 4.25. The molecule has 0 amide bonds. The van der Waals surface area contributed by atoms with Crippen molar-refractivity contribution in [2.75, 3.05) is 24.5 Å². The van der Waals surface area contributed by atoms with Gasteiger partial charge in [0.05, 0.1) is 6.20 Å². The second-order valence-corrected chi connectivity index (χ2v) is 8.82. The molecule has 0 radical (unpaired) electrons. The molecule has 1 atom stereocenters. The summed E-state index contributed by atoms with van der Waals surface area (Å²) in [5.74, 6) is 0.736. The number of benzene rings is 2. The normalized spacial score (nSPS) is 16.6. The minimum atomic E-state index is -0.398. The second kappa shape index (κ2) is 8.40. The van der Waals surface area contributed by atoms with Crippen molar-refractivity contribution in [1.29, 1.82) is 0 Å². The molecule has 0 saturated carbocycles. The molecule has 2 aromatic carbocycles. The fourth-order valence-electron chi connectivity index (χ4n) is 4.25. The van der Waals surface area contributed by atoms with Crippen molar-refractivity contribution in [2.45, 2.75) is 19.9 Å². The molecule has 2 N–H and O–H groups in total. The largest absolute Gasteiger partial charge is 0.507 e. The first-order valence-corrected chi connectivity index (χ1v) is 11.0. The topological polar surface area (TPSA) is 92.0 Å². The molecule has 1 fully saturated rings. The summed E-state index contributed by atoms with van der Waals surface area (Å²) in [6.45, 7) is 6.91. The van der Waals surface area contributed by atoms with Gasteiger partial charge in [0.25, 0.3) is 0 Å². The third-order valence-corrected chi connectivity index (χ3v) is 6.13. The number of aromatic hydroxyl groups is 1. The Morgan fingerprint density at radius 2 is 2.00 bits per heavy atom. The van der Waals surface area contributed by atoms with Crippen LogP contribution in [0.15, 0.2) is 42.7 Å². The summed E-state index contributed by atoms with van der Waals surface area (Å²) in [6, 6.07) is 8.85. The summed E-state index contributed by atoms with van der Waals surface area (Å²) < 4.78 is 16.1. The number of nitrogens with one attached hydrogen (secondary N) is 1. The molecular weight excluding hydrogens is 421 g/mol. The molecule has 1 aliphatic heterocycles. The van der Waals surface area contributed by atoms with Gasteiger partial charge in [-0.05, 0) is 41.3 Å². The lowest BCUT2D eigenvalue weighted by atomic mass is 10.0. The van der Waals surface area contributed by atoms with E-state index in [2.05, 4.69) is 44.3 Å². The maximum absolute atomic E-state index is 14.5. The lowest BCUT2D eigenvalue weighted by Gasteiger charge is -2.35. The van der Waals surface area contributed by atoms with Gasteiger partial charge in [0, 0.05) is 49.9 Å². The highest BCUT2D eigenvalue weighted by Gasteiger charge is 2.24. The van der Waals surface area contributed by atoms with Crippen LogP contribution < -0.4 is 10.2 Å². The number of aromatic nitrogens is 5. The molecule has 3 heterocycles. The summed E-state index contributed by atoms with van der Waals surface area (Å²) >= 11 is 0. The lowest BCUT2D eigenvalue weighted by molar-refractivity contribution is 0.365. The quantitative estimate of drug-likeness (QED) is 0.496. The van der Waals surface area contributed by atoms with Crippen molar-refractivity contribution in [3.63, 3.8) is 0 Å². The Kier molecular flexibility index (Phi) is 5.41. The van der Waals surface area contributed by atoms with Crippen LogP contribution >= 0.6 is 0 Å². The van der Waals surface area contributed by atoms with Crippen LogP contribution in [0.25, 0.3) is 33.3 Å². The van der Waals surface area contributed by atoms with Gasteiger partial charge in [-0.15, -0.1) is 10.2 Å². The van der Waals surface area contributed by atoms with Gasteiger partial charge in [-0.1, -0.05) is 19.9 Å². The molecule has 4 aromatic rings. The van der Waals surface area contributed by atoms with Crippen LogP contribution in [0.1, 0.15) is 13.8 Å². The molecule has 0 aliphatic carbocycles. The SMILES string of the molecule is CC(C)C1CN(c2ncc(-c3ccc(-c4cc(F)c5nn(C)cc5c4)cc3O)nn2)CCN1. The fraction of sp³-hybridized carbons (Fsp3) is 0.333. The van der Waals surface area contributed by atoms with E-state index >= 15 is 0 Å². The van der Waals surface area contributed by atoms with Crippen molar-refractivity contribution in [1.82, 2.24) is 30.3 Å². The number of halogens is 1. The molecule has 33 heavy (non-hydrogen) atoms. The predicted molar refractivity (Wildman–Crippen MR) is 125 cm³/mol. The van der Waals surface area contributed by atoms with E-state index in [4.69, 9.17) is 0 Å². The maximum atomic E-state index is 14.5. The van der Waals surface area contributed by atoms with E-state index in [1.807, 2.05) is 12.1 Å². The van der Waals surface area contributed by atoms with Gasteiger partial charge in [-0.3, -0.25) is 4.68 Å². The Morgan fingerprint density at radius 1 is 1.15 bits per heavy atom. The molecule has 0 spiro atoms. The Bertz CT molecular complexity index is 1300. The average molecular weight is 448 g/mol. The zero-order valence-electron chi connectivity index (χ0n) is 18.8. The Labute approximate surface area is 191 Å². The first kappa shape index (κ1) is 21.3. The van der Waals surface area contributed by atoms with Crippen LogP contribution in [0, 0.1) is 11.7 Å². The highest BCUT2D eigenvalue weighted by molar-refractivity contribution is 5.85. The third-order valence-electron chi connectivity index (χ3n) is 6.13. The van der Waals surface area contributed by atoms with E-state index in [0.29, 0.717) is 51.2 Å². The Hall–Kier alpha value is -3.59. The van der Waals surface area contributed by atoms with E-state index in [-0.39, 0.29) is 5.75 Å². The van der Waals surface area contributed by atoms with Crippen LogP contribution in [-0.4, -0.2) is 55.7 Å². The zero-order chi connectivity index (χ0) is 23.1. The molecule has 8 nitrogen and oxygen atoms in total. The minimum Gasteiger partial charge on any atom is -0.507 e. The second-order valence-electron chi connectivity index (χ2n) is 8.82. The number of rotatable bonds is 4. The van der Waals surface area contributed by atoms with Crippen LogP contribution in [-0.2, 0) is 7.05 Å². The number of phenols is 1. The van der Waals surface area contributed by atoms with E-state index in [0.717, 1.165) is 19.6 Å². The smallest absolute Gasteiger partial charge is 0.245 e. The molecule has 5 rings (SSSR count). The first-order valence-electron chi connectivity index (χ1n) is 11.0. The van der Waals surface area contributed by atoms with E-state index in [1.54, 1.807) is 36.3 Å². The molecule has 170 valence electrons. The van der Waals surface area contributed by atoms with Crippen LogP contribution in [0.5, 0.6) is 5.75 Å². The van der Waals surface area contributed by atoms with Crippen molar-refractivity contribution >= 4 is 16.9 Å². The van der Waals surface area contributed by atoms with Gasteiger partial charge in [0.1, 0.15) is 17.0 Å². The van der Waals surface area contributed by atoms with E-state index in [9.17, 15) is 9.50 Å². The maximum Gasteiger partial charge on any atom is 0.245 e. The molecule has 2 aromatic heterocycles. The van der Waals surface area contributed by atoms with Gasteiger partial charge in [-0.25, -0.2) is 9.37 Å². The number of aryl methyl sites for hydroxylation is 1. The van der Waals surface area contributed by atoms with Crippen LogP contribution in [0.4, 0.5) is 10.3 Å². The van der Waals surface area contributed by atoms with Crippen molar-refractivity contribution in [2.24, 2.45) is 13.0 Å². The van der Waals surface area contributed by atoms with Gasteiger partial charge < -0.3 is 15.3 Å². The summed E-state index contributed by atoms with van der Waals surface area (Å²) in [5, 5.41) is 27.7. The summed E-state index contributed by atoms with van der Waals surface area (Å²) in [5.41, 5.74) is 2.68. The number of nitrogens with zero attached hydrogens (tertiary/aromatic N) is 6. The Morgan fingerprint density at radius 3 is 2.73 bits per heavy atom. The lowest BCUT2D eigenvalue weighted by Crippen LogP contribution is -2.53. The van der Waals surface area contributed by atoms with Crippen LogP contribution in [0.2, 0.25) is 0 Å². The third kappa shape index (κ3) is 4.11. The monoisotopic (exact) mass is 447 g/mol. The van der Waals surface area contributed by atoms with Crippen molar-refractivity contribution in [3.8, 4) is 28.1 Å². The number of hydrogen-bond acceptors (Lipinski definition) is 7. The number of phenolic OH excluding ortho intramolecular Hbond substituents is 1. The summed E-state index contributed by atoms with van der Waals surface area (Å²) in [6.07, 6.45) is 3.39. The zero-order valence-corrected chi connectivity index (χ0v) is 18.8. The van der Waals surface area contributed by atoms with Gasteiger partial charge in [0.2, 0.25) is 5.95 Å². The van der Waals surface area contributed by atoms with Gasteiger partial charge in [0.15, 0.2) is 5.82 Å². The molecule has 9 heteroatoms. The molecule has 0 bridgehead atoms. The minimum absolute atomic E-state index is 0.0325. The van der Waals surface area contributed by atoms with E-state index < -0.39 is 5.82 Å². The highest BCUT2D eigenvalue weighted by Crippen LogP contribution is 2.34. The first-order chi connectivity index (χ1) is 15.9. The van der Waals surface area contributed by atoms with Crippen LogP contribution in [0.3, 0.4) is 0 Å². The van der Waals surface area contributed by atoms with Crippen molar-refractivity contribution < 1.29 is 9.50 Å². The molecule has 1 unspecified atom stereocenters. The van der Waals surface area contributed by atoms with Gasteiger partial charge >= 0.3 is 0 Å².